The molecule has 128 valence electrons. The molecule has 0 aliphatic carbocycles. The minimum Gasteiger partial charge on any atom is -0.508 e. The van der Waals surface area contributed by atoms with E-state index in [4.69, 9.17) is 0 Å². The maximum Gasteiger partial charge on any atom is 0.326 e. The molecule has 0 fully saturated rings. The fraction of sp³-hybridized carbons (Fsp3) is 0.556. The molecule has 5 nitrogen and oxygen atoms in total. The highest BCUT2D eigenvalue weighted by Crippen LogP contribution is 2.12. The summed E-state index contributed by atoms with van der Waals surface area (Å²) in [5.74, 6) is -1.13. The lowest BCUT2D eigenvalue weighted by Crippen LogP contribution is -2.42. The quantitative estimate of drug-likeness (QED) is 0.546. The summed E-state index contributed by atoms with van der Waals surface area (Å²) in [4.78, 5) is 23.2. The van der Waals surface area contributed by atoms with Gasteiger partial charge in [0.05, 0.1) is 0 Å². The van der Waals surface area contributed by atoms with Gasteiger partial charge in [-0.25, -0.2) is 4.79 Å². The van der Waals surface area contributed by atoms with Gasteiger partial charge in [-0.3, -0.25) is 4.79 Å². The largest absolute Gasteiger partial charge is 0.508 e. The first kappa shape index (κ1) is 19.0. The van der Waals surface area contributed by atoms with Gasteiger partial charge in [0.25, 0.3) is 0 Å². The molecule has 0 radical (unpaired) electrons. The molecule has 0 spiro atoms. The van der Waals surface area contributed by atoms with Crippen molar-refractivity contribution in [3.63, 3.8) is 0 Å². The second-order valence-corrected chi connectivity index (χ2v) is 5.85. The third kappa shape index (κ3) is 8.24. The minimum atomic E-state index is -1.05. The maximum atomic E-state index is 11.9. The predicted molar refractivity (Wildman–Crippen MR) is 89.4 cm³/mol. The van der Waals surface area contributed by atoms with Gasteiger partial charge in [-0.15, -0.1) is 0 Å². The van der Waals surface area contributed by atoms with Crippen LogP contribution in [0, 0.1) is 0 Å². The van der Waals surface area contributed by atoms with Crippen molar-refractivity contribution in [1.82, 2.24) is 5.32 Å². The third-order valence-electron chi connectivity index (χ3n) is 3.77. The molecule has 1 rings (SSSR count). The average Bonchev–Trinajstić information content (AvgIpc) is 2.52. The Labute approximate surface area is 137 Å². The first-order chi connectivity index (χ1) is 11.0. The normalized spacial score (nSPS) is 11.9. The summed E-state index contributed by atoms with van der Waals surface area (Å²) in [7, 11) is 0. The molecule has 23 heavy (non-hydrogen) atoms. The van der Waals surface area contributed by atoms with Crippen molar-refractivity contribution in [2.75, 3.05) is 0 Å². The second kappa shape index (κ2) is 10.6. The molecular weight excluding hydrogens is 294 g/mol. The first-order valence-corrected chi connectivity index (χ1v) is 8.33. The highest BCUT2D eigenvalue weighted by atomic mass is 16.4. The molecule has 1 aromatic carbocycles. The molecule has 1 atom stereocenters. The van der Waals surface area contributed by atoms with Crippen molar-refractivity contribution in [2.45, 2.75) is 64.3 Å². The van der Waals surface area contributed by atoms with Gasteiger partial charge in [-0.2, -0.15) is 0 Å². The van der Waals surface area contributed by atoms with Crippen LogP contribution in [-0.2, 0) is 16.0 Å². The standard InChI is InChI=1S/C18H27NO4/c1-2-3-4-5-6-7-8-17(21)19-16(18(22)23)13-14-9-11-15(20)12-10-14/h9-12,16,20H,2-8,13H2,1H3,(H,19,21)(H,22,23)/t16-/m1/s1. The van der Waals surface area contributed by atoms with Crippen molar-refractivity contribution in [2.24, 2.45) is 0 Å². The van der Waals surface area contributed by atoms with Gasteiger partial charge < -0.3 is 15.5 Å². The lowest BCUT2D eigenvalue weighted by Gasteiger charge is -2.14. The van der Waals surface area contributed by atoms with Crippen LogP contribution in [0.4, 0.5) is 0 Å². The van der Waals surface area contributed by atoms with Gasteiger partial charge in [-0.05, 0) is 24.1 Å². The van der Waals surface area contributed by atoms with E-state index in [0.717, 1.165) is 24.8 Å². The Hall–Kier alpha value is -2.04. The Morgan fingerprint density at radius 2 is 1.65 bits per heavy atom. The minimum absolute atomic E-state index is 0.132. The molecule has 0 aliphatic heterocycles. The summed E-state index contributed by atoms with van der Waals surface area (Å²) < 4.78 is 0. The van der Waals surface area contributed by atoms with Crippen LogP contribution in [0.25, 0.3) is 0 Å². The maximum absolute atomic E-state index is 11.9. The number of rotatable bonds is 11. The van der Waals surface area contributed by atoms with Crippen molar-refractivity contribution in [1.29, 1.82) is 0 Å². The molecule has 0 heterocycles. The van der Waals surface area contributed by atoms with Crippen LogP contribution in [0.2, 0.25) is 0 Å². The number of phenols is 1. The van der Waals surface area contributed by atoms with Crippen LogP contribution in [0.5, 0.6) is 5.75 Å². The van der Waals surface area contributed by atoms with Crippen molar-refractivity contribution >= 4 is 11.9 Å². The molecule has 0 saturated carbocycles. The Bertz CT molecular complexity index is 484. The molecule has 0 aliphatic rings. The zero-order chi connectivity index (χ0) is 17.1. The molecule has 3 N–H and O–H groups in total. The number of nitrogens with one attached hydrogen (secondary N) is 1. The summed E-state index contributed by atoms with van der Waals surface area (Å²) >= 11 is 0. The third-order valence-corrected chi connectivity index (χ3v) is 3.77. The average molecular weight is 321 g/mol. The number of carboxylic acids is 1. The number of carbonyl (C=O) groups excluding carboxylic acids is 1. The highest BCUT2D eigenvalue weighted by Gasteiger charge is 2.20. The molecule has 1 aromatic rings. The summed E-state index contributed by atoms with van der Waals surface area (Å²) in [6.45, 7) is 2.16. The Morgan fingerprint density at radius 3 is 2.26 bits per heavy atom. The zero-order valence-electron chi connectivity index (χ0n) is 13.8. The lowest BCUT2D eigenvalue weighted by molar-refractivity contribution is -0.141. The molecule has 0 bridgehead atoms. The number of carbonyl (C=O) groups is 2. The molecule has 5 heteroatoms. The van der Waals surface area contributed by atoms with Crippen molar-refractivity contribution in [3.05, 3.63) is 29.8 Å². The summed E-state index contributed by atoms with van der Waals surface area (Å²) in [5.41, 5.74) is 0.759. The monoisotopic (exact) mass is 321 g/mol. The van der Waals surface area contributed by atoms with Crippen LogP contribution in [0.3, 0.4) is 0 Å². The van der Waals surface area contributed by atoms with E-state index >= 15 is 0 Å². The zero-order valence-corrected chi connectivity index (χ0v) is 13.8. The Balaban J connectivity index is 2.35. The van der Waals surface area contributed by atoms with Crippen molar-refractivity contribution in [3.8, 4) is 5.75 Å². The fourth-order valence-electron chi connectivity index (χ4n) is 2.40. The number of hydrogen-bond acceptors (Lipinski definition) is 3. The van der Waals surface area contributed by atoms with E-state index in [-0.39, 0.29) is 18.1 Å². The van der Waals surface area contributed by atoms with E-state index in [9.17, 15) is 19.8 Å². The van der Waals surface area contributed by atoms with E-state index < -0.39 is 12.0 Å². The van der Waals surface area contributed by atoms with Gasteiger partial charge in [0.2, 0.25) is 5.91 Å². The number of phenolic OH excluding ortho intramolecular Hbond substituents is 1. The van der Waals surface area contributed by atoms with Crippen LogP contribution in [0.15, 0.2) is 24.3 Å². The number of aromatic hydroxyl groups is 1. The summed E-state index contributed by atoms with van der Waals surface area (Å²) in [6, 6.07) is 5.39. The molecule has 1 amide bonds. The predicted octanol–water partition coefficient (Wildman–Crippen LogP) is 3.25. The lowest BCUT2D eigenvalue weighted by atomic mass is 10.1. The Morgan fingerprint density at radius 1 is 1.04 bits per heavy atom. The molecular formula is C18H27NO4. The van der Waals surface area contributed by atoms with Crippen LogP contribution in [0.1, 0.15) is 57.4 Å². The van der Waals surface area contributed by atoms with Gasteiger partial charge in [0.1, 0.15) is 11.8 Å². The SMILES string of the molecule is CCCCCCCCC(=O)N[C@H](Cc1ccc(O)cc1)C(=O)O. The molecule has 0 aromatic heterocycles. The Kier molecular flexibility index (Phi) is 8.80. The second-order valence-electron chi connectivity index (χ2n) is 5.85. The number of unbranched alkanes of at least 4 members (excludes halogenated alkanes) is 5. The van der Waals surface area contributed by atoms with Gasteiger partial charge in [0.15, 0.2) is 0 Å². The van der Waals surface area contributed by atoms with E-state index in [1.165, 1.54) is 31.4 Å². The molecule has 0 saturated heterocycles. The first-order valence-electron chi connectivity index (χ1n) is 8.33. The number of amides is 1. The van der Waals surface area contributed by atoms with Gasteiger partial charge in [0, 0.05) is 12.8 Å². The number of benzene rings is 1. The fourth-order valence-corrected chi connectivity index (χ4v) is 2.40. The van der Waals surface area contributed by atoms with E-state index in [2.05, 4.69) is 12.2 Å². The smallest absolute Gasteiger partial charge is 0.326 e. The van der Waals surface area contributed by atoms with Gasteiger partial charge >= 0.3 is 5.97 Å². The van der Waals surface area contributed by atoms with Crippen LogP contribution in [-0.4, -0.2) is 28.1 Å². The molecule has 0 unspecified atom stereocenters. The summed E-state index contributed by atoms with van der Waals surface area (Å²) in [6.07, 6.45) is 7.10. The van der Waals surface area contributed by atoms with Crippen molar-refractivity contribution < 1.29 is 19.8 Å². The topological polar surface area (TPSA) is 86.6 Å². The van der Waals surface area contributed by atoms with Gasteiger partial charge in [-0.1, -0.05) is 51.2 Å². The van der Waals surface area contributed by atoms with E-state index in [0.29, 0.717) is 6.42 Å². The van der Waals surface area contributed by atoms with E-state index in [1.54, 1.807) is 12.1 Å². The highest BCUT2D eigenvalue weighted by molar-refractivity contribution is 5.83. The van der Waals surface area contributed by atoms with Crippen LogP contribution >= 0.6 is 0 Å². The van der Waals surface area contributed by atoms with E-state index in [1.807, 2.05) is 0 Å². The summed E-state index contributed by atoms with van der Waals surface area (Å²) in [5, 5.41) is 21.1. The number of aliphatic carboxylic acids is 1. The number of hydrogen-bond donors (Lipinski definition) is 3. The van der Waals surface area contributed by atoms with Crippen LogP contribution < -0.4 is 5.32 Å². The number of carboxylic acid groups (broad SMARTS) is 1.